The first-order chi connectivity index (χ1) is 15.5. The van der Waals surface area contributed by atoms with Crippen LogP contribution in [-0.2, 0) is 12.3 Å². The zero-order valence-corrected chi connectivity index (χ0v) is 18.0. The summed E-state index contributed by atoms with van der Waals surface area (Å²) in [5, 5.41) is 11.2. The van der Waals surface area contributed by atoms with Crippen molar-refractivity contribution in [3.8, 4) is 0 Å². The van der Waals surface area contributed by atoms with Crippen LogP contribution in [0.15, 0.2) is 78.1 Å². The van der Waals surface area contributed by atoms with Gasteiger partial charge in [0, 0.05) is 24.5 Å². The minimum atomic E-state index is -1.18. The van der Waals surface area contributed by atoms with Crippen LogP contribution in [0, 0.1) is 0 Å². The van der Waals surface area contributed by atoms with Crippen LogP contribution in [-0.4, -0.2) is 30.5 Å². The van der Waals surface area contributed by atoms with Crippen LogP contribution in [0.5, 0.6) is 0 Å². The van der Waals surface area contributed by atoms with Crippen LogP contribution in [0.4, 0.5) is 5.82 Å². The molecule has 3 aromatic heterocycles. The normalized spacial score (nSPS) is 18.1. The highest BCUT2D eigenvalue weighted by Crippen LogP contribution is 2.22. The smallest absolute Gasteiger partial charge is 0.229 e. The summed E-state index contributed by atoms with van der Waals surface area (Å²) < 4.78 is 3.96. The number of nitrogens with two attached hydrogens (primary N) is 1. The summed E-state index contributed by atoms with van der Waals surface area (Å²) in [5.41, 5.74) is 10.2. The number of rotatable bonds is 6. The zero-order chi connectivity index (χ0) is 22.1. The molecule has 0 saturated carbocycles. The minimum absolute atomic E-state index is 0.303. The third kappa shape index (κ3) is 3.85. The summed E-state index contributed by atoms with van der Waals surface area (Å²) in [6.45, 7) is 4.90. The highest BCUT2D eigenvalue weighted by molar-refractivity contribution is 5.79. The molecule has 162 valence electrons. The third-order valence-electron chi connectivity index (χ3n) is 5.34. The molecule has 0 bridgehead atoms. The molecule has 1 aliphatic rings. The van der Waals surface area contributed by atoms with Crippen molar-refractivity contribution in [1.82, 2.24) is 29.6 Å². The average Bonchev–Trinajstić information content (AvgIpc) is 3.42. The van der Waals surface area contributed by atoms with E-state index in [1.54, 1.807) is 12.4 Å². The first-order valence-corrected chi connectivity index (χ1v) is 10.5. The molecular formula is C23H25N9. The lowest BCUT2D eigenvalue weighted by atomic mass is 10.2. The van der Waals surface area contributed by atoms with E-state index in [-0.39, 0.29) is 0 Å². The maximum Gasteiger partial charge on any atom is 0.229 e. The van der Waals surface area contributed by atoms with Crippen molar-refractivity contribution in [1.29, 1.82) is 0 Å². The lowest BCUT2D eigenvalue weighted by Crippen LogP contribution is -2.51. The van der Waals surface area contributed by atoms with Crippen LogP contribution in [0.25, 0.3) is 11.0 Å². The van der Waals surface area contributed by atoms with E-state index in [2.05, 4.69) is 61.2 Å². The quantitative estimate of drug-likeness (QED) is 0.436. The van der Waals surface area contributed by atoms with Crippen molar-refractivity contribution in [2.45, 2.75) is 32.2 Å². The van der Waals surface area contributed by atoms with E-state index in [4.69, 9.17) is 5.73 Å². The largest absolute Gasteiger partial charge is 0.330 e. The molecule has 1 aromatic carbocycles. The van der Waals surface area contributed by atoms with E-state index in [9.17, 15) is 0 Å². The highest BCUT2D eigenvalue weighted by atomic mass is 15.4. The van der Waals surface area contributed by atoms with Gasteiger partial charge in [-0.25, -0.2) is 15.0 Å². The molecule has 5 rings (SSSR count). The van der Waals surface area contributed by atoms with Gasteiger partial charge in [0.05, 0.1) is 24.6 Å². The van der Waals surface area contributed by atoms with Gasteiger partial charge in [0.25, 0.3) is 0 Å². The Balaban J connectivity index is 1.33. The van der Waals surface area contributed by atoms with Gasteiger partial charge in [-0.3, -0.25) is 10.4 Å². The second kappa shape index (κ2) is 7.93. The molecule has 0 spiro atoms. The van der Waals surface area contributed by atoms with Crippen LogP contribution in [0.2, 0.25) is 0 Å². The first kappa shape index (κ1) is 20.0. The Morgan fingerprint density at radius 2 is 2.00 bits per heavy atom. The fourth-order valence-corrected chi connectivity index (χ4v) is 3.68. The molecule has 1 unspecified atom stereocenters. The molecule has 4 aromatic rings. The van der Waals surface area contributed by atoms with Crippen LogP contribution >= 0.6 is 0 Å². The highest BCUT2D eigenvalue weighted by Gasteiger charge is 2.31. The Morgan fingerprint density at radius 1 is 1.16 bits per heavy atom. The molecule has 0 aliphatic carbocycles. The number of aromatic nitrogens is 5. The Kier molecular flexibility index (Phi) is 4.95. The van der Waals surface area contributed by atoms with Crippen molar-refractivity contribution in [3.63, 3.8) is 0 Å². The van der Waals surface area contributed by atoms with Gasteiger partial charge in [0.2, 0.25) is 5.79 Å². The Labute approximate surface area is 185 Å². The predicted octanol–water partition coefficient (Wildman–Crippen LogP) is 2.95. The molecule has 0 fully saturated rings. The SMILES string of the molecule is CC(C)n1cnc2cnc(NC3=CC=NC(N)(c4ccn(Cc5ccccc5)n4)N3)cc21. The molecule has 4 N–H and O–H groups in total. The average molecular weight is 428 g/mol. The number of fused-ring (bicyclic) bond motifs is 1. The van der Waals surface area contributed by atoms with E-state index in [1.807, 2.05) is 53.6 Å². The van der Waals surface area contributed by atoms with Crippen LogP contribution in [0.1, 0.15) is 31.1 Å². The number of allylic oxidation sites excluding steroid dienone is 1. The molecule has 0 amide bonds. The maximum absolute atomic E-state index is 6.57. The van der Waals surface area contributed by atoms with Crippen molar-refractivity contribution in [2.75, 3.05) is 5.32 Å². The second-order valence-corrected chi connectivity index (χ2v) is 8.06. The van der Waals surface area contributed by atoms with Crippen molar-refractivity contribution in [3.05, 3.63) is 84.3 Å². The van der Waals surface area contributed by atoms with Gasteiger partial charge in [-0.05, 0) is 31.6 Å². The summed E-state index contributed by atoms with van der Waals surface area (Å²) in [6.07, 6.45) is 8.99. The number of aliphatic imine (C=N–C) groups is 1. The number of imidazole rings is 1. The fourth-order valence-electron chi connectivity index (χ4n) is 3.68. The molecule has 0 radical (unpaired) electrons. The number of hydrogen-bond acceptors (Lipinski definition) is 7. The summed E-state index contributed by atoms with van der Waals surface area (Å²) in [6, 6.07) is 14.3. The summed E-state index contributed by atoms with van der Waals surface area (Å²) in [4.78, 5) is 13.3. The molecular weight excluding hydrogens is 402 g/mol. The number of nitrogens with one attached hydrogen (secondary N) is 2. The van der Waals surface area contributed by atoms with Gasteiger partial charge in [-0.15, -0.1) is 0 Å². The fraction of sp³-hybridized carbons (Fsp3) is 0.217. The van der Waals surface area contributed by atoms with Gasteiger partial charge < -0.3 is 15.2 Å². The molecule has 4 heterocycles. The molecule has 1 atom stereocenters. The van der Waals surface area contributed by atoms with Gasteiger partial charge in [0.15, 0.2) is 0 Å². The predicted molar refractivity (Wildman–Crippen MR) is 125 cm³/mol. The number of hydrogen-bond donors (Lipinski definition) is 3. The van der Waals surface area contributed by atoms with Crippen LogP contribution < -0.4 is 16.4 Å². The molecule has 0 saturated heterocycles. The Morgan fingerprint density at radius 3 is 2.81 bits per heavy atom. The van der Waals surface area contributed by atoms with Gasteiger partial charge in [-0.2, -0.15) is 5.10 Å². The molecule has 1 aliphatic heterocycles. The molecule has 9 heteroatoms. The van der Waals surface area contributed by atoms with Gasteiger partial charge in [-0.1, -0.05) is 30.3 Å². The van der Waals surface area contributed by atoms with E-state index in [0.717, 1.165) is 16.6 Å². The Hall–Kier alpha value is -3.98. The van der Waals surface area contributed by atoms with Gasteiger partial charge in [0.1, 0.15) is 22.8 Å². The lowest BCUT2D eigenvalue weighted by Gasteiger charge is -2.29. The number of pyridine rings is 1. The summed E-state index contributed by atoms with van der Waals surface area (Å²) >= 11 is 0. The van der Waals surface area contributed by atoms with Crippen LogP contribution in [0.3, 0.4) is 0 Å². The van der Waals surface area contributed by atoms with E-state index < -0.39 is 5.79 Å². The standard InChI is InChI=1S/C23H25N9/c1-16(2)32-15-26-18-13-25-22(12-19(18)32)28-21-8-10-27-23(24,29-21)20-9-11-31(30-20)14-17-6-4-3-5-7-17/h3-13,15-16,29H,14,24H2,1-2H3,(H,25,28). The van der Waals surface area contributed by atoms with E-state index in [0.29, 0.717) is 29.9 Å². The summed E-state index contributed by atoms with van der Waals surface area (Å²) in [5.74, 6) is 0.191. The van der Waals surface area contributed by atoms with Crippen molar-refractivity contribution >= 4 is 23.1 Å². The summed E-state index contributed by atoms with van der Waals surface area (Å²) in [7, 11) is 0. The molecule has 32 heavy (non-hydrogen) atoms. The topological polar surface area (TPSA) is 111 Å². The van der Waals surface area contributed by atoms with E-state index >= 15 is 0 Å². The molecule has 9 nitrogen and oxygen atoms in total. The third-order valence-corrected chi connectivity index (χ3v) is 5.34. The van der Waals surface area contributed by atoms with Crippen molar-refractivity contribution in [2.24, 2.45) is 10.7 Å². The Bertz CT molecular complexity index is 1300. The lowest BCUT2D eigenvalue weighted by molar-refractivity contribution is 0.381. The number of anilines is 1. The first-order valence-electron chi connectivity index (χ1n) is 10.5. The maximum atomic E-state index is 6.57. The second-order valence-electron chi connectivity index (χ2n) is 8.06. The van der Waals surface area contributed by atoms with E-state index in [1.165, 1.54) is 0 Å². The van der Waals surface area contributed by atoms with Crippen molar-refractivity contribution < 1.29 is 0 Å². The number of benzene rings is 1. The monoisotopic (exact) mass is 427 g/mol. The number of nitrogens with zero attached hydrogens (tertiary/aromatic N) is 6. The minimum Gasteiger partial charge on any atom is -0.330 e. The van der Waals surface area contributed by atoms with Gasteiger partial charge >= 0.3 is 0 Å². The zero-order valence-electron chi connectivity index (χ0n) is 18.0.